The molecule has 5 nitrogen and oxygen atoms in total. The van der Waals surface area contributed by atoms with E-state index in [0.717, 1.165) is 34.7 Å². The first-order valence-electron chi connectivity index (χ1n) is 7.06. The summed E-state index contributed by atoms with van der Waals surface area (Å²) in [6.07, 6.45) is 4.63. The highest BCUT2D eigenvalue weighted by Crippen LogP contribution is 2.32. The van der Waals surface area contributed by atoms with E-state index in [1.54, 1.807) is 17.7 Å². The van der Waals surface area contributed by atoms with Crippen LogP contribution in [0.15, 0.2) is 12.5 Å². The molecule has 0 bridgehead atoms. The molecule has 0 atom stereocenters. The average molecular weight is 301 g/mol. The number of nitrogens with zero attached hydrogens (tertiary/aromatic N) is 4. The van der Waals surface area contributed by atoms with Crippen molar-refractivity contribution in [2.24, 2.45) is 7.05 Å². The van der Waals surface area contributed by atoms with Gasteiger partial charge in [-0.25, -0.2) is 9.97 Å². The molecule has 0 saturated heterocycles. The van der Waals surface area contributed by atoms with Gasteiger partial charge in [-0.2, -0.15) is 5.10 Å². The van der Waals surface area contributed by atoms with Crippen LogP contribution in [0.25, 0.3) is 10.2 Å². The van der Waals surface area contributed by atoms with E-state index in [1.165, 1.54) is 16.0 Å². The van der Waals surface area contributed by atoms with E-state index in [0.29, 0.717) is 0 Å². The Morgan fingerprint density at radius 2 is 2.10 bits per heavy atom. The first-order chi connectivity index (χ1) is 10.1. The summed E-state index contributed by atoms with van der Waals surface area (Å²) in [6.45, 7) is 7.12. The highest BCUT2D eigenvalue weighted by Gasteiger charge is 2.12. The van der Waals surface area contributed by atoms with Gasteiger partial charge in [-0.15, -0.1) is 11.3 Å². The Labute approximate surface area is 128 Å². The first kappa shape index (κ1) is 14.0. The molecule has 110 valence electrons. The van der Waals surface area contributed by atoms with E-state index < -0.39 is 0 Å². The summed E-state index contributed by atoms with van der Waals surface area (Å²) in [7, 11) is 1.96. The Morgan fingerprint density at radius 1 is 1.29 bits per heavy atom. The zero-order valence-electron chi connectivity index (χ0n) is 12.8. The maximum Gasteiger partial charge on any atom is 0.138 e. The molecule has 0 saturated carbocycles. The summed E-state index contributed by atoms with van der Waals surface area (Å²) in [6, 6.07) is 0. The van der Waals surface area contributed by atoms with Gasteiger partial charge in [0.2, 0.25) is 0 Å². The largest absolute Gasteiger partial charge is 0.365 e. The van der Waals surface area contributed by atoms with Gasteiger partial charge in [0.1, 0.15) is 17.0 Å². The summed E-state index contributed by atoms with van der Waals surface area (Å²) in [5.41, 5.74) is 3.62. The SMILES string of the molecule is CCc1nn(C)cc1CNc1ncnc2sc(C)c(C)c12. The summed E-state index contributed by atoms with van der Waals surface area (Å²) in [5, 5.41) is 9.06. The highest BCUT2D eigenvalue weighted by molar-refractivity contribution is 7.18. The van der Waals surface area contributed by atoms with Gasteiger partial charge < -0.3 is 5.32 Å². The summed E-state index contributed by atoms with van der Waals surface area (Å²) in [5.74, 6) is 0.910. The molecule has 0 aliphatic carbocycles. The average Bonchev–Trinajstić information content (AvgIpc) is 2.97. The number of thiophene rings is 1. The predicted molar refractivity (Wildman–Crippen MR) is 86.8 cm³/mol. The molecule has 21 heavy (non-hydrogen) atoms. The van der Waals surface area contributed by atoms with Gasteiger partial charge in [-0.05, 0) is 25.8 Å². The van der Waals surface area contributed by atoms with Crippen molar-refractivity contribution in [3.63, 3.8) is 0 Å². The van der Waals surface area contributed by atoms with Crippen LogP contribution in [-0.2, 0) is 20.0 Å². The minimum atomic E-state index is 0.734. The maximum atomic E-state index is 4.47. The fraction of sp³-hybridized carbons (Fsp3) is 0.400. The van der Waals surface area contributed by atoms with Gasteiger partial charge in [0, 0.05) is 30.2 Å². The number of fused-ring (bicyclic) bond motifs is 1. The molecule has 0 amide bonds. The third-order valence-corrected chi connectivity index (χ3v) is 4.85. The van der Waals surface area contributed by atoms with Gasteiger partial charge in [-0.1, -0.05) is 6.92 Å². The summed E-state index contributed by atoms with van der Waals surface area (Å²) in [4.78, 5) is 11.1. The van der Waals surface area contributed by atoms with E-state index >= 15 is 0 Å². The van der Waals surface area contributed by atoms with Gasteiger partial charge in [-0.3, -0.25) is 4.68 Å². The normalized spacial score (nSPS) is 11.2. The number of hydrogen-bond donors (Lipinski definition) is 1. The number of hydrogen-bond acceptors (Lipinski definition) is 5. The van der Waals surface area contributed by atoms with Crippen LogP contribution in [0.1, 0.15) is 28.6 Å². The topological polar surface area (TPSA) is 55.6 Å². The molecule has 3 aromatic rings. The number of aryl methyl sites for hydroxylation is 4. The van der Waals surface area contributed by atoms with Crippen LogP contribution < -0.4 is 5.32 Å². The fourth-order valence-electron chi connectivity index (χ4n) is 2.52. The van der Waals surface area contributed by atoms with Crippen LogP contribution in [-0.4, -0.2) is 19.7 Å². The van der Waals surface area contributed by atoms with Crippen molar-refractivity contribution in [3.05, 3.63) is 34.2 Å². The third kappa shape index (κ3) is 2.51. The minimum Gasteiger partial charge on any atom is -0.365 e. The lowest BCUT2D eigenvalue weighted by molar-refractivity contribution is 0.746. The lowest BCUT2D eigenvalue weighted by atomic mass is 10.2. The smallest absolute Gasteiger partial charge is 0.138 e. The second kappa shape index (κ2) is 5.44. The van der Waals surface area contributed by atoms with Crippen LogP contribution in [0.3, 0.4) is 0 Å². The monoisotopic (exact) mass is 301 g/mol. The fourth-order valence-corrected chi connectivity index (χ4v) is 3.52. The Bertz CT molecular complexity index is 787. The van der Waals surface area contributed by atoms with E-state index in [1.807, 2.05) is 11.7 Å². The zero-order chi connectivity index (χ0) is 15.0. The molecule has 6 heteroatoms. The molecule has 0 aliphatic rings. The van der Waals surface area contributed by atoms with Gasteiger partial charge in [0.05, 0.1) is 11.1 Å². The molecular formula is C15H19N5S. The molecule has 3 aromatic heterocycles. The molecular weight excluding hydrogens is 282 g/mol. The van der Waals surface area contributed by atoms with Crippen LogP contribution in [0.4, 0.5) is 5.82 Å². The lowest BCUT2D eigenvalue weighted by Crippen LogP contribution is -2.03. The van der Waals surface area contributed by atoms with Gasteiger partial charge in [0.15, 0.2) is 0 Å². The molecule has 0 spiro atoms. The van der Waals surface area contributed by atoms with Crippen molar-refractivity contribution in [3.8, 4) is 0 Å². The Balaban J connectivity index is 1.91. The van der Waals surface area contributed by atoms with E-state index in [4.69, 9.17) is 0 Å². The highest BCUT2D eigenvalue weighted by atomic mass is 32.1. The van der Waals surface area contributed by atoms with Crippen molar-refractivity contribution in [2.45, 2.75) is 33.7 Å². The Kier molecular flexibility index (Phi) is 3.63. The molecule has 1 N–H and O–H groups in total. The quantitative estimate of drug-likeness (QED) is 0.804. The standard InChI is InChI=1S/C15H19N5S/c1-5-12-11(7-20(4)19-12)6-16-14-13-9(2)10(3)21-15(13)18-8-17-14/h7-8H,5-6H2,1-4H3,(H,16,17,18). The molecule has 0 aromatic carbocycles. The third-order valence-electron chi connectivity index (χ3n) is 3.74. The number of rotatable bonds is 4. The first-order valence-corrected chi connectivity index (χ1v) is 7.87. The molecule has 0 radical (unpaired) electrons. The maximum absolute atomic E-state index is 4.47. The molecule has 3 rings (SSSR count). The van der Waals surface area contributed by atoms with E-state index in [9.17, 15) is 0 Å². The molecule has 0 unspecified atom stereocenters. The van der Waals surface area contributed by atoms with E-state index in [2.05, 4.69) is 47.4 Å². The lowest BCUT2D eigenvalue weighted by Gasteiger charge is -2.07. The van der Waals surface area contributed by atoms with Crippen LogP contribution in [0.5, 0.6) is 0 Å². The molecule has 3 heterocycles. The van der Waals surface area contributed by atoms with Crippen LogP contribution in [0.2, 0.25) is 0 Å². The van der Waals surface area contributed by atoms with Gasteiger partial charge in [0.25, 0.3) is 0 Å². The number of anilines is 1. The van der Waals surface area contributed by atoms with Crippen molar-refractivity contribution in [1.29, 1.82) is 0 Å². The predicted octanol–water partition coefficient (Wildman–Crippen LogP) is 3.22. The Hall–Kier alpha value is -1.95. The van der Waals surface area contributed by atoms with Crippen molar-refractivity contribution < 1.29 is 0 Å². The Morgan fingerprint density at radius 3 is 2.86 bits per heavy atom. The summed E-state index contributed by atoms with van der Waals surface area (Å²) >= 11 is 1.72. The zero-order valence-corrected chi connectivity index (χ0v) is 13.6. The minimum absolute atomic E-state index is 0.734. The second-order valence-corrected chi connectivity index (χ2v) is 6.37. The molecule has 0 aliphatic heterocycles. The molecule has 0 fully saturated rings. The van der Waals surface area contributed by atoms with Crippen molar-refractivity contribution in [1.82, 2.24) is 19.7 Å². The van der Waals surface area contributed by atoms with Crippen molar-refractivity contribution in [2.75, 3.05) is 5.32 Å². The number of nitrogens with one attached hydrogen (secondary N) is 1. The van der Waals surface area contributed by atoms with Crippen LogP contribution >= 0.6 is 11.3 Å². The summed E-state index contributed by atoms with van der Waals surface area (Å²) < 4.78 is 1.87. The van der Waals surface area contributed by atoms with Gasteiger partial charge >= 0.3 is 0 Å². The second-order valence-electron chi connectivity index (χ2n) is 5.17. The van der Waals surface area contributed by atoms with E-state index in [-0.39, 0.29) is 0 Å². The van der Waals surface area contributed by atoms with Crippen LogP contribution in [0, 0.1) is 13.8 Å². The van der Waals surface area contributed by atoms with Crippen molar-refractivity contribution >= 4 is 27.4 Å². The number of aromatic nitrogens is 4.